The molecule has 0 N–H and O–H groups in total. The van der Waals surface area contributed by atoms with Gasteiger partial charge in [0, 0.05) is 11.8 Å². The number of amides is 1. The van der Waals surface area contributed by atoms with Crippen LogP contribution < -0.4 is 4.74 Å². The fourth-order valence-electron chi connectivity index (χ4n) is 3.29. The van der Waals surface area contributed by atoms with Crippen molar-refractivity contribution in [1.82, 2.24) is 14.9 Å². The number of carbonyl (C=O) groups is 1. The molecule has 1 fully saturated rings. The molecule has 0 aliphatic carbocycles. The molecule has 0 unspecified atom stereocenters. The number of ether oxygens (including phenoxy) is 2. The highest BCUT2D eigenvalue weighted by Crippen LogP contribution is 2.43. The number of alkyl halides is 3. The summed E-state index contributed by atoms with van der Waals surface area (Å²) in [5.41, 5.74) is 0.786. The molecule has 2 aliphatic heterocycles. The predicted octanol–water partition coefficient (Wildman–Crippen LogP) is 2.57. The first-order valence-corrected chi connectivity index (χ1v) is 7.88. The van der Waals surface area contributed by atoms with Crippen LogP contribution >= 0.6 is 0 Å². The van der Waals surface area contributed by atoms with E-state index in [0.29, 0.717) is 12.4 Å². The number of aryl methyl sites for hydroxylation is 1. The third-order valence-corrected chi connectivity index (χ3v) is 4.49. The minimum Gasteiger partial charge on any atom is -0.405 e. The van der Waals surface area contributed by atoms with Gasteiger partial charge in [0.25, 0.3) is 5.91 Å². The van der Waals surface area contributed by atoms with Gasteiger partial charge in [-0.25, -0.2) is 9.97 Å². The summed E-state index contributed by atoms with van der Waals surface area (Å²) in [6, 6.07) is 5.30. The van der Waals surface area contributed by atoms with E-state index in [1.165, 1.54) is 23.1 Å². The van der Waals surface area contributed by atoms with Crippen molar-refractivity contribution in [2.24, 2.45) is 0 Å². The number of benzene rings is 1. The van der Waals surface area contributed by atoms with Crippen molar-refractivity contribution >= 4 is 5.91 Å². The van der Waals surface area contributed by atoms with Gasteiger partial charge < -0.3 is 14.4 Å². The summed E-state index contributed by atoms with van der Waals surface area (Å²) < 4.78 is 47.4. The average molecular weight is 365 g/mol. The second-order valence-corrected chi connectivity index (χ2v) is 6.27. The topological polar surface area (TPSA) is 64.6 Å². The van der Waals surface area contributed by atoms with Crippen molar-refractivity contribution in [2.75, 3.05) is 13.1 Å². The van der Waals surface area contributed by atoms with E-state index in [-0.39, 0.29) is 18.7 Å². The van der Waals surface area contributed by atoms with Crippen LogP contribution in [0.15, 0.2) is 30.5 Å². The lowest BCUT2D eigenvalue weighted by atomic mass is 9.87. The van der Waals surface area contributed by atoms with Gasteiger partial charge in [-0.15, -0.1) is 13.2 Å². The van der Waals surface area contributed by atoms with E-state index < -0.39 is 23.6 Å². The average Bonchev–Trinajstić information content (AvgIpc) is 2.90. The van der Waals surface area contributed by atoms with Gasteiger partial charge in [-0.1, -0.05) is 12.1 Å². The lowest BCUT2D eigenvalue weighted by Crippen LogP contribution is -2.61. The zero-order chi connectivity index (χ0) is 18.5. The number of carbonyl (C=O) groups excluding carboxylic acids is 1. The van der Waals surface area contributed by atoms with E-state index >= 15 is 0 Å². The highest BCUT2D eigenvalue weighted by molar-refractivity contribution is 5.97. The number of halogens is 3. The van der Waals surface area contributed by atoms with Crippen LogP contribution in [0.4, 0.5) is 13.2 Å². The Morgan fingerprint density at radius 1 is 1.31 bits per heavy atom. The number of likely N-dealkylation sites (tertiary alicyclic amines) is 1. The molecule has 2 aromatic rings. The van der Waals surface area contributed by atoms with Gasteiger partial charge in [-0.05, 0) is 19.1 Å². The smallest absolute Gasteiger partial charge is 0.405 e. The number of nitrogens with zero attached hydrogens (tertiary/aromatic N) is 3. The van der Waals surface area contributed by atoms with Gasteiger partial charge in [0.15, 0.2) is 0 Å². The highest BCUT2D eigenvalue weighted by Gasteiger charge is 2.53. The fraction of sp³-hybridized carbons (Fsp3) is 0.353. The summed E-state index contributed by atoms with van der Waals surface area (Å²) in [5, 5.41) is 0. The van der Waals surface area contributed by atoms with Crippen LogP contribution in [-0.4, -0.2) is 40.2 Å². The van der Waals surface area contributed by atoms with Crippen LogP contribution in [0.3, 0.4) is 0 Å². The molecule has 136 valence electrons. The van der Waals surface area contributed by atoms with E-state index in [1.54, 1.807) is 13.1 Å². The molecule has 1 aromatic heterocycles. The minimum atomic E-state index is -4.87. The second kappa shape index (κ2) is 5.66. The van der Waals surface area contributed by atoms with Crippen molar-refractivity contribution in [2.45, 2.75) is 25.5 Å². The first-order valence-electron chi connectivity index (χ1n) is 7.88. The summed E-state index contributed by atoms with van der Waals surface area (Å²) in [4.78, 5) is 22.6. The molecule has 4 rings (SSSR count). The lowest BCUT2D eigenvalue weighted by Gasteiger charge is -2.47. The largest absolute Gasteiger partial charge is 0.573 e. The number of hydrogen-bond acceptors (Lipinski definition) is 5. The molecule has 6 nitrogen and oxygen atoms in total. The first kappa shape index (κ1) is 16.8. The number of fused-ring (bicyclic) bond motifs is 2. The quantitative estimate of drug-likeness (QED) is 0.819. The third kappa shape index (κ3) is 2.78. The van der Waals surface area contributed by atoms with Crippen molar-refractivity contribution in [3.63, 3.8) is 0 Å². The molecule has 2 aliphatic rings. The molecule has 0 saturated carbocycles. The van der Waals surface area contributed by atoms with Gasteiger partial charge in [0.05, 0.1) is 31.0 Å². The lowest BCUT2D eigenvalue weighted by molar-refractivity contribution is -0.274. The van der Waals surface area contributed by atoms with Crippen molar-refractivity contribution in [1.29, 1.82) is 0 Å². The Hall–Kier alpha value is -2.68. The van der Waals surface area contributed by atoms with Crippen LogP contribution in [0.5, 0.6) is 5.75 Å². The Balaban J connectivity index is 1.54. The van der Waals surface area contributed by atoms with Crippen LogP contribution in [0.2, 0.25) is 0 Å². The molecule has 1 saturated heterocycles. The number of rotatable bonds is 2. The Kier molecular flexibility index (Phi) is 3.65. The van der Waals surface area contributed by atoms with Gasteiger partial charge >= 0.3 is 6.36 Å². The third-order valence-electron chi connectivity index (χ3n) is 4.49. The molecule has 0 bridgehead atoms. The molecule has 0 atom stereocenters. The first-order chi connectivity index (χ1) is 12.3. The molecule has 26 heavy (non-hydrogen) atoms. The summed E-state index contributed by atoms with van der Waals surface area (Å²) in [6.45, 7) is 2.56. The van der Waals surface area contributed by atoms with Crippen molar-refractivity contribution < 1.29 is 27.4 Å². The standard InChI is InChI=1S/C17H14F3N3O3/c1-10-21-6-12-13(22-10)7-25-16(12)8-23(9-16)15(24)11-4-2-3-5-14(11)26-17(18,19)20/h2-6H,7-9H2,1H3. The Morgan fingerprint density at radius 3 is 2.77 bits per heavy atom. The van der Waals surface area contributed by atoms with E-state index in [4.69, 9.17) is 4.74 Å². The fourth-order valence-corrected chi connectivity index (χ4v) is 3.29. The van der Waals surface area contributed by atoms with E-state index in [2.05, 4.69) is 14.7 Å². The maximum atomic E-state index is 12.6. The zero-order valence-electron chi connectivity index (χ0n) is 13.7. The van der Waals surface area contributed by atoms with Crippen LogP contribution in [0.1, 0.15) is 27.4 Å². The van der Waals surface area contributed by atoms with E-state index in [1.807, 2.05) is 0 Å². The molecule has 9 heteroatoms. The molecule has 1 amide bonds. The Morgan fingerprint density at radius 2 is 2.04 bits per heavy atom. The predicted molar refractivity (Wildman–Crippen MR) is 82.3 cm³/mol. The van der Waals surface area contributed by atoms with Crippen molar-refractivity contribution in [3.05, 3.63) is 53.1 Å². The molecule has 1 spiro atoms. The molecule has 3 heterocycles. The van der Waals surface area contributed by atoms with Gasteiger partial charge in [-0.3, -0.25) is 4.79 Å². The maximum absolute atomic E-state index is 12.6. The monoisotopic (exact) mass is 365 g/mol. The SMILES string of the molecule is Cc1ncc2c(n1)COC21CN(C(=O)c2ccccc2OC(F)(F)F)C1. The number of hydrogen-bond donors (Lipinski definition) is 0. The summed E-state index contributed by atoms with van der Waals surface area (Å²) in [5.74, 6) is -0.423. The summed E-state index contributed by atoms with van der Waals surface area (Å²) in [6.07, 6.45) is -3.18. The minimum absolute atomic E-state index is 0.141. The van der Waals surface area contributed by atoms with E-state index in [0.717, 1.165) is 17.3 Å². The summed E-state index contributed by atoms with van der Waals surface area (Å²) >= 11 is 0. The van der Waals surface area contributed by atoms with Gasteiger partial charge in [-0.2, -0.15) is 0 Å². The molecular formula is C17H14F3N3O3. The second-order valence-electron chi connectivity index (χ2n) is 6.27. The Labute approximate surface area is 146 Å². The van der Waals surface area contributed by atoms with Crippen LogP contribution in [0, 0.1) is 6.92 Å². The molecule has 0 radical (unpaired) electrons. The zero-order valence-corrected chi connectivity index (χ0v) is 13.7. The van der Waals surface area contributed by atoms with Gasteiger partial charge in [0.1, 0.15) is 17.2 Å². The number of aromatic nitrogens is 2. The molecule has 1 aromatic carbocycles. The number of para-hydroxylation sites is 1. The highest BCUT2D eigenvalue weighted by atomic mass is 19.4. The normalized spacial score (nSPS) is 17.8. The maximum Gasteiger partial charge on any atom is 0.573 e. The van der Waals surface area contributed by atoms with Crippen LogP contribution in [-0.2, 0) is 16.9 Å². The van der Waals surface area contributed by atoms with Crippen LogP contribution in [0.25, 0.3) is 0 Å². The Bertz CT molecular complexity index is 879. The van der Waals surface area contributed by atoms with Crippen molar-refractivity contribution in [3.8, 4) is 5.75 Å². The summed E-state index contributed by atoms with van der Waals surface area (Å²) in [7, 11) is 0. The van der Waals surface area contributed by atoms with Gasteiger partial charge in [0.2, 0.25) is 0 Å². The van der Waals surface area contributed by atoms with E-state index in [9.17, 15) is 18.0 Å². The molecular weight excluding hydrogens is 351 g/mol.